The molecule has 0 radical (unpaired) electrons. The molecule has 24 heavy (non-hydrogen) atoms. The number of fused-ring (bicyclic) bond motifs is 1. The molecule has 2 heterocycles. The summed E-state index contributed by atoms with van der Waals surface area (Å²) in [7, 11) is 0. The summed E-state index contributed by atoms with van der Waals surface area (Å²) in [5.41, 5.74) is 1.04. The molecule has 0 saturated carbocycles. The molecule has 0 saturated heterocycles. The molecular weight excluding hydrogens is 342 g/mol. The molecule has 124 valence electrons. The van der Waals surface area contributed by atoms with Gasteiger partial charge >= 0.3 is 6.61 Å². The number of aryl methyl sites for hydroxylation is 1. The first-order valence-electron chi connectivity index (χ1n) is 6.81. The summed E-state index contributed by atoms with van der Waals surface area (Å²) in [5, 5.41) is 6.58. The summed E-state index contributed by atoms with van der Waals surface area (Å²) in [4.78, 5) is 16.4. The number of halogens is 3. The van der Waals surface area contributed by atoms with Gasteiger partial charge in [-0.25, -0.2) is 9.50 Å². The van der Waals surface area contributed by atoms with Gasteiger partial charge in [-0.1, -0.05) is 17.7 Å². The lowest BCUT2D eigenvalue weighted by molar-refractivity contribution is -0.0494. The van der Waals surface area contributed by atoms with Gasteiger partial charge in [0.1, 0.15) is 10.8 Å². The largest absolute Gasteiger partial charge is 0.433 e. The molecule has 1 N–H and O–H groups in total. The number of hydrogen-bond donors (Lipinski definition) is 1. The predicted molar refractivity (Wildman–Crippen MR) is 83.8 cm³/mol. The van der Waals surface area contributed by atoms with E-state index in [-0.39, 0.29) is 22.2 Å². The van der Waals surface area contributed by atoms with Crippen LogP contribution in [0.15, 0.2) is 36.7 Å². The fraction of sp³-hybridized carbons (Fsp3) is 0.133. The minimum absolute atomic E-state index is 0.0662. The number of nitrogens with zero attached hydrogens (tertiary/aromatic N) is 3. The van der Waals surface area contributed by atoms with E-state index in [9.17, 15) is 13.6 Å². The fourth-order valence-electron chi connectivity index (χ4n) is 2.11. The second kappa shape index (κ2) is 6.40. The molecule has 9 heteroatoms. The van der Waals surface area contributed by atoms with Gasteiger partial charge in [0.2, 0.25) is 0 Å². The van der Waals surface area contributed by atoms with Crippen molar-refractivity contribution in [3.8, 4) is 5.75 Å². The van der Waals surface area contributed by atoms with Crippen LogP contribution in [-0.4, -0.2) is 27.1 Å². The van der Waals surface area contributed by atoms with Crippen LogP contribution in [0.3, 0.4) is 0 Å². The van der Waals surface area contributed by atoms with Crippen LogP contribution in [0.1, 0.15) is 16.1 Å². The Bertz CT molecular complexity index is 914. The highest BCUT2D eigenvalue weighted by molar-refractivity contribution is 6.37. The van der Waals surface area contributed by atoms with Crippen LogP contribution in [0.4, 0.5) is 14.5 Å². The third-order valence-corrected chi connectivity index (χ3v) is 3.50. The fourth-order valence-corrected chi connectivity index (χ4v) is 2.37. The molecule has 6 nitrogen and oxygen atoms in total. The van der Waals surface area contributed by atoms with Crippen LogP contribution in [0.2, 0.25) is 5.02 Å². The Morgan fingerprint density at radius 1 is 1.42 bits per heavy atom. The summed E-state index contributed by atoms with van der Waals surface area (Å²) in [5.74, 6) is -0.801. The lowest BCUT2D eigenvalue weighted by atomic mass is 10.2. The van der Waals surface area contributed by atoms with Crippen molar-refractivity contribution in [3.63, 3.8) is 0 Å². The molecule has 0 unspecified atom stereocenters. The standard InChI is InChI=1S/C15H11ClF2N4O2/c1-8-3-4-9(10(7-8)24-15(17)18)20-14(23)12-11(16)13-19-5-2-6-22(13)21-12/h2-7,15H,1H3,(H,20,23). The molecule has 0 atom stereocenters. The molecular formula is C15H11ClF2N4O2. The van der Waals surface area contributed by atoms with Crippen LogP contribution in [0, 0.1) is 6.92 Å². The van der Waals surface area contributed by atoms with Gasteiger partial charge in [-0.3, -0.25) is 4.79 Å². The minimum atomic E-state index is -3.01. The molecule has 0 fully saturated rings. The SMILES string of the molecule is Cc1ccc(NC(=O)c2nn3cccnc3c2Cl)c(OC(F)F)c1. The normalized spacial score (nSPS) is 11.0. The summed E-state index contributed by atoms with van der Waals surface area (Å²) >= 11 is 6.11. The monoisotopic (exact) mass is 352 g/mol. The molecule has 0 aliphatic rings. The number of carbonyl (C=O) groups is 1. The van der Waals surface area contributed by atoms with E-state index in [1.54, 1.807) is 25.3 Å². The van der Waals surface area contributed by atoms with Crippen molar-refractivity contribution in [1.29, 1.82) is 0 Å². The van der Waals surface area contributed by atoms with Crippen LogP contribution in [-0.2, 0) is 0 Å². The average Bonchev–Trinajstić information content (AvgIpc) is 2.87. The lowest BCUT2D eigenvalue weighted by Crippen LogP contribution is -2.15. The number of alkyl halides is 2. The number of aromatic nitrogens is 3. The zero-order valence-corrected chi connectivity index (χ0v) is 13.1. The number of nitrogens with one attached hydrogen (secondary N) is 1. The first-order chi connectivity index (χ1) is 11.5. The number of carbonyl (C=O) groups excluding carboxylic acids is 1. The van der Waals surface area contributed by atoms with Crippen molar-refractivity contribution in [1.82, 2.24) is 14.6 Å². The Hall–Kier alpha value is -2.74. The smallest absolute Gasteiger partial charge is 0.387 e. The minimum Gasteiger partial charge on any atom is -0.433 e. The van der Waals surface area contributed by atoms with E-state index in [2.05, 4.69) is 20.1 Å². The van der Waals surface area contributed by atoms with E-state index in [0.717, 1.165) is 0 Å². The maximum atomic E-state index is 12.5. The number of rotatable bonds is 4. The number of amides is 1. The van der Waals surface area contributed by atoms with Gasteiger partial charge in [0.15, 0.2) is 11.3 Å². The summed E-state index contributed by atoms with van der Waals surface area (Å²) in [6, 6.07) is 6.15. The molecule has 0 bridgehead atoms. The Morgan fingerprint density at radius 3 is 2.92 bits per heavy atom. The highest BCUT2D eigenvalue weighted by Gasteiger charge is 2.20. The first-order valence-corrected chi connectivity index (χ1v) is 7.19. The zero-order valence-electron chi connectivity index (χ0n) is 12.3. The van der Waals surface area contributed by atoms with Crippen LogP contribution in [0.25, 0.3) is 5.65 Å². The summed E-state index contributed by atoms with van der Waals surface area (Å²) in [6.07, 6.45) is 3.10. The number of benzene rings is 1. The Morgan fingerprint density at radius 2 is 2.21 bits per heavy atom. The van der Waals surface area contributed by atoms with E-state index in [1.165, 1.54) is 22.8 Å². The number of ether oxygens (including phenoxy) is 1. The maximum Gasteiger partial charge on any atom is 0.387 e. The van der Waals surface area contributed by atoms with Gasteiger partial charge in [-0.05, 0) is 30.7 Å². The van der Waals surface area contributed by atoms with Gasteiger partial charge < -0.3 is 10.1 Å². The summed E-state index contributed by atoms with van der Waals surface area (Å²) in [6.45, 7) is -1.29. The molecule has 3 rings (SSSR count). The molecule has 0 aliphatic heterocycles. The molecule has 1 aromatic carbocycles. The Balaban J connectivity index is 1.93. The lowest BCUT2D eigenvalue weighted by Gasteiger charge is -2.12. The van der Waals surface area contributed by atoms with Crippen molar-refractivity contribution >= 4 is 28.8 Å². The first kappa shape index (κ1) is 16.1. The van der Waals surface area contributed by atoms with Crippen LogP contribution < -0.4 is 10.1 Å². The predicted octanol–water partition coefficient (Wildman–Crippen LogP) is 3.54. The third-order valence-electron chi connectivity index (χ3n) is 3.16. The Kier molecular flexibility index (Phi) is 4.30. The van der Waals surface area contributed by atoms with Gasteiger partial charge in [0.05, 0.1) is 5.69 Å². The van der Waals surface area contributed by atoms with Crippen molar-refractivity contribution in [2.24, 2.45) is 0 Å². The van der Waals surface area contributed by atoms with Crippen LogP contribution in [0.5, 0.6) is 5.75 Å². The topological polar surface area (TPSA) is 68.5 Å². The zero-order chi connectivity index (χ0) is 17.3. The molecule has 0 aliphatic carbocycles. The van der Waals surface area contributed by atoms with Crippen molar-refractivity contribution in [2.45, 2.75) is 13.5 Å². The molecule has 1 amide bonds. The number of hydrogen-bond acceptors (Lipinski definition) is 4. The molecule has 3 aromatic rings. The number of anilines is 1. The van der Waals surface area contributed by atoms with Crippen molar-refractivity contribution in [3.05, 3.63) is 52.9 Å². The van der Waals surface area contributed by atoms with Gasteiger partial charge in [0.25, 0.3) is 5.91 Å². The highest BCUT2D eigenvalue weighted by atomic mass is 35.5. The van der Waals surface area contributed by atoms with E-state index in [1.807, 2.05) is 0 Å². The van der Waals surface area contributed by atoms with E-state index in [0.29, 0.717) is 11.2 Å². The van der Waals surface area contributed by atoms with Crippen molar-refractivity contribution < 1.29 is 18.3 Å². The second-order valence-electron chi connectivity index (χ2n) is 4.88. The van der Waals surface area contributed by atoms with Gasteiger partial charge in [-0.2, -0.15) is 13.9 Å². The highest BCUT2D eigenvalue weighted by Crippen LogP contribution is 2.29. The van der Waals surface area contributed by atoms with E-state index < -0.39 is 12.5 Å². The van der Waals surface area contributed by atoms with Gasteiger partial charge in [-0.15, -0.1) is 0 Å². The van der Waals surface area contributed by atoms with E-state index in [4.69, 9.17) is 11.6 Å². The molecule has 2 aromatic heterocycles. The average molecular weight is 353 g/mol. The van der Waals surface area contributed by atoms with Crippen molar-refractivity contribution in [2.75, 3.05) is 5.32 Å². The van der Waals surface area contributed by atoms with Gasteiger partial charge in [0, 0.05) is 12.4 Å². The van der Waals surface area contributed by atoms with E-state index >= 15 is 0 Å². The maximum absolute atomic E-state index is 12.5. The quantitative estimate of drug-likeness (QED) is 0.779. The van der Waals surface area contributed by atoms with Crippen LogP contribution >= 0.6 is 11.6 Å². The Labute approximate surface area is 140 Å². The second-order valence-corrected chi connectivity index (χ2v) is 5.26. The third kappa shape index (κ3) is 3.13. The molecule has 0 spiro atoms. The summed E-state index contributed by atoms with van der Waals surface area (Å²) < 4.78 is 30.8.